The van der Waals surface area contributed by atoms with Crippen LogP contribution >= 0.6 is 0 Å². The Kier molecular flexibility index (Phi) is 5.26. The molecule has 0 saturated carbocycles. The molecule has 4 nitrogen and oxygen atoms in total. The highest BCUT2D eigenvalue weighted by molar-refractivity contribution is 5.87. The molecule has 2 N–H and O–H groups in total. The summed E-state index contributed by atoms with van der Waals surface area (Å²) in [4.78, 5) is 17.0. The van der Waals surface area contributed by atoms with E-state index < -0.39 is 5.54 Å². The van der Waals surface area contributed by atoms with Gasteiger partial charge in [-0.3, -0.25) is 9.78 Å². The highest BCUT2D eigenvalue weighted by atomic mass is 16.2. The Balaban J connectivity index is 1.95. The Labute approximate surface area is 143 Å². The van der Waals surface area contributed by atoms with Gasteiger partial charge >= 0.3 is 0 Å². The molecule has 24 heavy (non-hydrogen) atoms. The zero-order valence-electron chi connectivity index (χ0n) is 14.2. The second-order valence-electron chi connectivity index (χ2n) is 6.40. The first-order chi connectivity index (χ1) is 11.7. The first kappa shape index (κ1) is 16.7. The molecule has 1 atom stereocenters. The summed E-state index contributed by atoms with van der Waals surface area (Å²) in [5, 5.41) is 6.54. The van der Waals surface area contributed by atoms with Crippen molar-refractivity contribution >= 4 is 5.91 Å². The summed E-state index contributed by atoms with van der Waals surface area (Å²) in [5.41, 5.74) is 2.93. The minimum atomic E-state index is -0.507. The quantitative estimate of drug-likeness (QED) is 0.889. The van der Waals surface area contributed by atoms with E-state index in [2.05, 4.69) is 33.8 Å². The van der Waals surface area contributed by atoms with Gasteiger partial charge in [0.15, 0.2) is 0 Å². The maximum Gasteiger partial charge on any atom is 0.240 e. The van der Waals surface area contributed by atoms with Crippen molar-refractivity contribution in [2.24, 2.45) is 0 Å². The molecule has 0 spiro atoms. The molecule has 1 unspecified atom stereocenters. The van der Waals surface area contributed by atoms with Crippen molar-refractivity contribution < 1.29 is 4.79 Å². The van der Waals surface area contributed by atoms with Crippen LogP contribution in [-0.2, 0) is 11.2 Å². The van der Waals surface area contributed by atoms with E-state index in [1.54, 1.807) is 6.20 Å². The highest BCUT2D eigenvalue weighted by Gasteiger charge is 2.39. The minimum Gasteiger partial charge on any atom is -0.355 e. The number of likely N-dealkylation sites (N-methyl/N-ethyl adjacent to an activating group) is 1. The molecule has 126 valence electrons. The van der Waals surface area contributed by atoms with Gasteiger partial charge in [-0.25, -0.2) is 0 Å². The number of benzene rings is 1. The van der Waals surface area contributed by atoms with Crippen molar-refractivity contribution in [2.75, 3.05) is 13.1 Å². The van der Waals surface area contributed by atoms with Gasteiger partial charge in [0, 0.05) is 30.9 Å². The van der Waals surface area contributed by atoms with Gasteiger partial charge in [0.2, 0.25) is 5.91 Å². The third-order valence-corrected chi connectivity index (χ3v) is 4.75. The lowest BCUT2D eigenvalue weighted by molar-refractivity contribution is -0.128. The Bertz CT molecular complexity index is 678. The summed E-state index contributed by atoms with van der Waals surface area (Å²) in [6, 6.07) is 12.3. The van der Waals surface area contributed by atoms with Crippen LogP contribution in [0.3, 0.4) is 0 Å². The molecule has 1 aromatic heterocycles. The molecule has 3 rings (SSSR count). The molecule has 1 saturated heterocycles. The van der Waals surface area contributed by atoms with Crippen molar-refractivity contribution in [3.05, 3.63) is 54.4 Å². The molecular weight excluding hydrogens is 298 g/mol. The summed E-state index contributed by atoms with van der Waals surface area (Å²) >= 11 is 0. The monoisotopic (exact) mass is 323 g/mol. The summed E-state index contributed by atoms with van der Waals surface area (Å²) in [6.45, 7) is 3.52. The Morgan fingerprint density at radius 2 is 2.12 bits per heavy atom. The van der Waals surface area contributed by atoms with E-state index in [-0.39, 0.29) is 5.91 Å². The first-order valence-electron chi connectivity index (χ1n) is 8.77. The third-order valence-electron chi connectivity index (χ3n) is 4.75. The minimum absolute atomic E-state index is 0.116. The average molecular weight is 323 g/mol. The lowest BCUT2D eigenvalue weighted by Gasteiger charge is -2.37. The van der Waals surface area contributed by atoms with Gasteiger partial charge < -0.3 is 10.6 Å². The summed E-state index contributed by atoms with van der Waals surface area (Å²) in [7, 11) is 0. The van der Waals surface area contributed by atoms with Crippen molar-refractivity contribution in [3.63, 3.8) is 0 Å². The number of nitrogens with zero attached hydrogens (tertiary/aromatic N) is 1. The van der Waals surface area contributed by atoms with Crippen molar-refractivity contribution in [1.29, 1.82) is 0 Å². The molecular formula is C20H25N3O. The number of nitrogens with one attached hydrogen (secondary N) is 2. The number of pyridine rings is 1. The molecule has 1 aliphatic rings. The summed E-state index contributed by atoms with van der Waals surface area (Å²) < 4.78 is 0. The van der Waals surface area contributed by atoms with Crippen LogP contribution in [0.15, 0.2) is 48.8 Å². The molecule has 2 heterocycles. The fraction of sp³-hybridized carbons (Fsp3) is 0.400. The molecule has 1 aliphatic heterocycles. The first-order valence-corrected chi connectivity index (χ1v) is 8.77. The van der Waals surface area contributed by atoms with Crippen LogP contribution in [0.2, 0.25) is 0 Å². The molecule has 2 aromatic rings. The van der Waals surface area contributed by atoms with Crippen LogP contribution in [-0.4, -0.2) is 29.5 Å². The fourth-order valence-corrected chi connectivity index (χ4v) is 3.53. The Hall–Kier alpha value is -2.20. The maximum absolute atomic E-state index is 12.8. The smallest absolute Gasteiger partial charge is 0.240 e. The number of carbonyl (C=O) groups excluding carboxylic acids is 1. The topological polar surface area (TPSA) is 54.0 Å². The molecule has 1 amide bonds. The Morgan fingerprint density at radius 3 is 2.83 bits per heavy atom. The van der Waals surface area contributed by atoms with Gasteiger partial charge in [-0.2, -0.15) is 0 Å². The zero-order valence-corrected chi connectivity index (χ0v) is 14.2. The normalized spacial score (nSPS) is 20.5. The summed E-state index contributed by atoms with van der Waals surface area (Å²) in [6.07, 6.45) is 7.45. The van der Waals surface area contributed by atoms with E-state index in [4.69, 9.17) is 0 Å². The number of piperidine rings is 1. The number of rotatable bonds is 5. The number of amides is 1. The number of hydrogen-bond acceptors (Lipinski definition) is 3. The van der Waals surface area contributed by atoms with E-state index in [1.807, 2.05) is 31.3 Å². The third kappa shape index (κ3) is 3.49. The molecule has 0 bridgehead atoms. The average Bonchev–Trinajstić information content (AvgIpc) is 2.64. The van der Waals surface area contributed by atoms with Gasteiger partial charge in [-0.1, -0.05) is 30.3 Å². The van der Waals surface area contributed by atoms with Crippen LogP contribution in [0, 0.1) is 0 Å². The molecule has 1 aromatic carbocycles. The fourth-order valence-electron chi connectivity index (χ4n) is 3.53. The van der Waals surface area contributed by atoms with Gasteiger partial charge in [0.25, 0.3) is 0 Å². The van der Waals surface area contributed by atoms with E-state index in [1.165, 1.54) is 5.56 Å². The van der Waals surface area contributed by atoms with Crippen LogP contribution in [0.5, 0.6) is 0 Å². The molecule has 0 radical (unpaired) electrons. The van der Waals surface area contributed by atoms with E-state index in [9.17, 15) is 4.79 Å². The van der Waals surface area contributed by atoms with Crippen LogP contribution < -0.4 is 10.6 Å². The Morgan fingerprint density at radius 1 is 1.25 bits per heavy atom. The van der Waals surface area contributed by atoms with Crippen LogP contribution in [0.4, 0.5) is 0 Å². The molecule has 0 aliphatic carbocycles. The second-order valence-corrected chi connectivity index (χ2v) is 6.40. The van der Waals surface area contributed by atoms with Gasteiger partial charge in [0.1, 0.15) is 5.54 Å². The van der Waals surface area contributed by atoms with E-state index in [0.29, 0.717) is 13.0 Å². The van der Waals surface area contributed by atoms with Crippen molar-refractivity contribution in [2.45, 2.75) is 38.1 Å². The van der Waals surface area contributed by atoms with Gasteiger partial charge in [-0.05, 0) is 49.9 Å². The van der Waals surface area contributed by atoms with Gasteiger partial charge in [-0.15, -0.1) is 0 Å². The number of aromatic nitrogens is 1. The maximum atomic E-state index is 12.8. The predicted molar refractivity (Wildman–Crippen MR) is 96.6 cm³/mol. The zero-order chi connectivity index (χ0) is 16.8. The van der Waals surface area contributed by atoms with Crippen molar-refractivity contribution in [3.8, 4) is 11.1 Å². The largest absolute Gasteiger partial charge is 0.355 e. The highest BCUT2D eigenvalue weighted by Crippen LogP contribution is 2.30. The summed E-state index contributed by atoms with van der Waals surface area (Å²) in [5.74, 6) is 0.116. The lowest BCUT2D eigenvalue weighted by Crippen LogP contribution is -2.60. The van der Waals surface area contributed by atoms with E-state index >= 15 is 0 Å². The van der Waals surface area contributed by atoms with E-state index in [0.717, 1.165) is 36.9 Å². The van der Waals surface area contributed by atoms with Crippen LogP contribution in [0.1, 0.15) is 31.7 Å². The SMILES string of the molecule is CCNC(=O)C1(Cc2ccccc2-c2cccnc2)CCCCN1. The molecule has 4 heteroatoms. The van der Waals surface area contributed by atoms with Crippen LogP contribution in [0.25, 0.3) is 11.1 Å². The molecule has 1 fully saturated rings. The van der Waals surface area contributed by atoms with Crippen molar-refractivity contribution in [1.82, 2.24) is 15.6 Å². The standard InChI is InChI=1S/C20H25N3O/c1-2-22-19(24)20(11-5-6-13-23-20)14-16-8-3-4-10-18(16)17-9-7-12-21-15-17/h3-4,7-10,12,15,23H,2,5-6,11,13-14H2,1H3,(H,22,24). The van der Waals surface area contributed by atoms with Gasteiger partial charge in [0.05, 0.1) is 0 Å². The second kappa shape index (κ2) is 7.58. The number of hydrogen-bond donors (Lipinski definition) is 2. The predicted octanol–water partition coefficient (Wildman–Crippen LogP) is 2.94. The number of carbonyl (C=O) groups is 1. The lowest BCUT2D eigenvalue weighted by atomic mass is 9.80.